The largest absolute Gasteiger partial charge is 0.344 e. The van der Waals surface area contributed by atoms with Gasteiger partial charge in [-0.1, -0.05) is 11.6 Å². The summed E-state index contributed by atoms with van der Waals surface area (Å²) in [4.78, 5) is 19.8. The van der Waals surface area contributed by atoms with Crippen molar-refractivity contribution in [3.05, 3.63) is 28.0 Å². The first-order valence-corrected chi connectivity index (χ1v) is 7.13. The molecular weight excluding hydrogens is 302 g/mol. The molecule has 0 saturated heterocycles. The lowest BCUT2D eigenvalue weighted by Crippen LogP contribution is -2.16. The van der Waals surface area contributed by atoms with Crippen LogP contribution in [0.5, 0.6) is 0 Å². The molecule has 1 saturated carbocycles. The molecule has 4 rings (SSSR count). The number of rotatable bonds is 3. The molecule has 0 aromatic carbocycles. The van der Waals surface area contributed by atoms with Crippen LogP contribution in [0.25, 0.3) is 5.78 Å². The molecule has 0 aliphatic heterocycles. The highest BCUT2D eigenvalue weighted by Crippen LogP contribution is 2.37. The Morgan fingerprint density at radius 1 is 1.45 bits per heavy atom. The molecule has 0 spiro atoms. The molecule has 1 aliphatic carbocycles. The zero-order chi connectivity index (χ0) is 13.7. The Labute approximate surface area is 121 Å². The molecule has 1 aliphatic rings. The topological polar surface area (TPSA) is 93.8 Å². The van der Waals surface area contributed by atoms with Crippen LogP contribution in [0.15, 0.2) is 27.4 Å². The van der Waals surface area contributed by atoms with Crippen LogP contribution in [0.3, 0.4) is 0 Å². The van der Waals surface area contributed by atoms with E-state index in [1.807, 2.05) is 0 Å². The minimum absolute atomic E-state index is 0.190. The van der Waals surface area contributed by atoms with Gasteiger partial charge in [0.15, 0.2) is 5.16 Å². The third kappa shape index (κ3) is 1.90. The summed E-state index contributed by atoms with van der Waals surface area (Å²) in [5.74, 6) is 0.413. The van der Waals surface area contributed by atoms with Crippen molar-refractivity contribution in [2.45, 2.75) is 29.1 Å². The maximum Gasteiger partial charge on any atom is 0.344 e. The Bertz CT molecular complexity index is 849. The molecule has 0 amide bonds. The van der Waals surface area contributed by atoms with Gasteiger partial charge in [0.25, 0.3) is 5.78 Å². The van der Waals surface area contributed by atoms with E-state index in [0.717, 1.165) is 12.8 Å². The third-order valence-corrected chi connectivity index (χ3v) is 4.13. The van der Waals surface area contributed by atoms with Crippen LogP contribution < -0.4 is 5.69 Å². The van der Waals surface area contributed by atoms with Gasteiger partial charge in [0.1, 0.15) is 16.5 Å². The van der Waals surface area contributed by atoms with Gasteiger partial charge in [-0.25, -0.2) is 9.89 Å². The minimum Gasteiger partial charge on any atom is -0.267 e. The fraction of sp³-hybridized carbons (Fsp3) is 0.300. The second kappa shape index (κ2) is 4.32. The molecule has 0 atom stereocenters. The maximum atomic E-state index is 11.8. The molecule has 8 nitrogen and oxygen atoms in total. The van der Waals surface area contributed by atoms with Crippen molar-refractivity contribution in [1.82, 2.24) is 34.3 Å². The molecule has 0 radical (unpaired) electrons. The second-order valence-electron chi connectivity index (χ2n) is 4.40. The van der Waals surface area contributed by atoms with Crippen molar-refractivity contribution in [3.8, 4) is 0 Å². The molecule has 0 unspecified atom stereocenters. The summed E-state index contributed by atoms with van der Waals surface area (Å²) in [6.07, 6.45) is 3.41. The first kappa shape index (κ1) is 11.9. The monoisotopic (exact) mass is 309 g/mol. The summed E-state index contributed by atoms with van der Waals surface area (Å²) < 4.78 is 3.23. The predicted octanol–water partition coefficient (Wildman–Crippen LogP) is 1.15. The highest BCUT2D eigenvalue weighted by molar-refractivity contribution is 7.99. The molecule has 0 bridgehead atoms. The van der Waals surface area contributed by atoms with Crippen LogP contribution >= 0.6 is 23.4 Å². The number of hydrogen-bond donors (Lipinski definition) is 1. The van der Waals surface area contributed by atoms with E-state index < -0.39 is 0 Å². The van der Waals surface area contributed by atoms with E-state index in [4.69, 9.17) is 11.6 Å². The van der Waals surface area contributed by atoms with Crippen LogP contribution in [-0.4, -0.2) is 34.3 Å². The highest BCUT2D eigenvalue weighted by atomic mass is 35.5. The fourth-order valence-corrected chi connectivity index (χ4v) is 3.18. The average molecular weight is 310 g/mol. The number of fused-ring (bicyclic) bond motifs is 1. The summed E-state index contributed by atoms with van der Waals surface area (Å²) in [7, 11) is 0. The van der Waals surface area contributed by atoms with Crippen LogP contribution in [-0.2, 0) is 0 Å². The molecule has 3 aromatic heterocycles. The van der Waals surface area contributed by atoms with E-state index in [0.29, 0.717) is 21.1 Å². The van der Waals surface area contributed by atoms with Gasteiger partial charge >= 0.3 is 5.69 Å². The Kier molecular flexibility index (Phi) is 2.57. The number of halogens is 1. The third-order valence-electron chi connectivity index (χ3n) is 2.97. The maximum absolute atomic E-state index is 11.8. The lowest BCUT2D eigenvalue weighted by atomic mass is 10.7. The van der Waals surface area contributed by atoms with Crippen molar-refractivity contribution >= 4 is 29.1 Å². The number of hydrogen-bond acceptors (Lipinski definition) is 6. The number of H-pyrrole nitrogens is 1. The van der Waals surface area contributed by atoms with E-state index in [2.05, 4.69) is 25.3 Å². The van der Waals surface area contributed by atoms with Gasteiger partial charge in [0, 0.05) is 12.1 Å². The zero-order valence-electron chi connectivity index (χ0n) is 10.0. The van der Waals surface area contributed by atoms with Crippen LogP contribution in [0.2, 0.25) is 5.15 Å². The van der Waals surface area contributed by atoms with E-state index in [9.17, 15) is 4.79 Å². The normalized spacial score (nSPS) is 15.1. The number of aromatic amines is 1. The Morgan fingerprint density at radius 3 is 3.10 bits per heavy atom. The molecular formula is C10H8ClN7OS. The standard InChI is InChI=1S/C10H8ClN7OS/c11-6-3-7(18-8(14-6)12-4-13-18)20-10-16-15-9(19)17(10)5-1-2-5/h3-5H,1-2H2,(H,15,19). The van der Waals surface area contributed by atoms with Gasteiger partial charge in [0.05, 0.1) is 0 Å². The first-order chi connectivity index (χ1) is 9.72. The van der Waals surface area contributed by atoms with E-state index in [-0.39, 0.29) is 11.7 Å². The van der Waals surface area contributed by atoms with Gasteiger partial charge in [-0.15, -0.1) is 5.10 Å². The smallest absolute Gasteiger partial charge is 0.267 e. The zero-order valence-corrected chi connectivity index (χ0v) is 11.6. The summed E-state index contributed by atoms with van der Waals surface area (Å²) in [5.41, 5.74) is -0.190. The average Bonchev–Trinajstić information content (AvgIpc) is 3.01. The van der Waals surface area contributed by atoms with E-state index >= 15 is 0 Å². The van der Waals surface area contributed by atoms with Gasteiger partial charge in [-0.2, -0.15) is 19.6 Å². The van der Waals surface area contributed by atoms with Crippen molar-refractivity contribution in [2.24, 2.45) is 0 Å². The number of nitrogens with zero attached hydrogens (tertiary/aromatic N) is 6. The summed E-state index contributed by atoms with van der Waals surface area (Å²) in [6, 6.07) is 1.91. The van der Waals surface area contributed by atoms with Crippen LogP contribution in [0, 0.1) is 0 Å². The Hall–Kier alpha value is -1.87. The lowest BCUT2D eigenvalue weighted by Gasteiger charge is -2.05. The molecule has 1 N–H and O–H groups in total. The SMILES string of the molecule is O=c1[nH]nc(Sc2cc(Cl)nc3ncnn23)n1C1CC1. The molecule has 1 fully saturated rings. The van der Waals surface area contributed by atoms with Crippen molar-refractivity contribution in [2.75, 3.05) is 0 Å². The summed E-state index contributed by atoms with van der Waals surface area (Å²) >= 11 is 7.27. The van der Waals surface area contributed by atoms with Crippen molar-refractivity contribution in [1.29, 1.82) is 0 Å². The lowest BCUT2D eigenvalue weighted by molar-refractivity contribution is 0.641. The first-order valence-electron chi connectivity index (χ1n) is 5.93. The number of nitrogens with one attached hydrogen (secondary N) is 1. The van der Waals surface area contributed by atoms with Gasteiger partial charge in [-0.3, -0.25) is 4.57 Å². The summed E-state index contributed by atoms with van der Waals surface area (Å²) in [5, 5.41) is 12.2. The van der Waals surface area contributed by atoms with Gasteiger partial charge in [0.2, 0.25) is 0 Å². The quantitative estimate of drug-likeness (QED) is 0.729. The van der Waals surface area contributed by atoms with Gasteiger partial charge in [-0.05, 0) is 24.6 Å². The van der Waals surface area contributed by atoms with E-state index in [1.165, 1.54) is 18.1 Å². The molecule has 10 heteroatoms. The Balaban J connectivity index is 1.81. The molecule has 3 aromatic rings. The van der Waals surface area contributed by atoms with Crippen molar-refractivity contribution in [3.63, 3.8) is 0 Å². The number of aromatic nitrogens is 7. The fourth-order valence-electron chi connectivity index (χ4n) is 1.94. The highest BCUT2D eigenvalue weighted by Gasteiger charge is 2.29. The molecule has 102 valence electrons. The van der Waals surface area contributed by atoms with Crippen LogP contribution in [0.4, 0.5) is 0 Å². The van der Waals surface area contributed by atoms with E-state index in [1.54, 1.807) is 15.1 Å². The van der Waals surface area contributed by atoms with Gasteiger partial charge < -0.3 is 0 Å². The second-order valence-corrected chi connectivity index (χ2v) is 5.78. The molecule has 20 heavy (non-hydrogen) atoms. The summed E-state index contributed by atoms with van der Waals surface area (Å²) in [6.45, 7) is 0. The Morgan fingerprint density at radius 2 is 2.30 bits per heavy atom. The van der Waals surface area contributed by atoms with Crippen LogP contribution in [0.1, 0.15) is 18.9 Å². The van der Waals surface area contributed by atoms with Crippen molar-refractivity contribution < 1.29 is 0 Å². The minimum atomic E-state index is -0.190. The predicted molar refractivity (Wildman–Crippen MR) is 71.0 cm³/mol. The molecule has 3 heterocycles.